The summed E-state index contributed by atoms with van der Waals surface area (Å²) in [6.07, 6.45) is 1.02. The van der Waals surface area contributed by atoms with E-state index in [-0.39, 0.29) is 11.5 Å². The van der Waals surface area contributed by atoms with Crippen LogP contribution in [0.5, 0.6) is 5.75 Å². The molecular weight excluding hydrogens is 224 g/mol. The summed E-state index contributed by atoms with van der Waals surface area (Å²) in [7, 11) is 0. The highest BCUT2D eigenvalue weighted by Crippen LogP contribution is 2.20. The van der Waals surface area contributed by atoms with Crippen LogP contribution in [0, 0.1) is 16.7 Å². The van der Waals surface area contributed by atoms with Crippen molar-refractivity contribution in [1.29, 1.82) is 5.26 Å². The van der Waals surface area contributed by atoms with Gasteiger partial charge in [-0.3, -0.25) is 0 Å². The van der Waals surface area contributed by atoms with Crippen LogP contribution in [0.25, 0.3) is 0 Å². The number of nitrogens with zero attached hydrogens (tertiary/aromatic N) is 1. The average molecular weight is 246 g/mol. The van der Waals surface area contributed by atoms with Gasteiger partial charge in [-0.15, -0.1) is 0 Å². The van der Waals surface area contributed by atoms with Crippen molar-refractivity contribution in [1.82, 2.24) is 0 Å². The number of nitrogens with one attached hydrogen (secondary N) is 1. The van der Waals surface area contributed by atoms with Crippen LogP contribution in [0.2, 0.25) is 0 Å². The maximum absolute atomic E-state index is 8.92. The van der Waals surface area contributed by atoms with Gasteiger partial charge in [-0.25, -0.2) is 0 Å². The van der Waals surface area contributed by atoms with E-state index >= 15 is 0 Å². The van der Waals surface area contributed by atoms with Crippen LogP contribution in [-0.2, 0) is 0 Å². The van der Waals surface area contributed by atoms with E-state index in [2.05, 4.69) is 11.4 Å². The van der Waals surface area contributed by atoms with Crippen LogP contribution in [0.4, 0.5) is 5.69 Å². The first-order valence-electron chi connectivity index (χ1n) is 6.35. The number of anilines is 1. The summed E-state index contributed by atoms with van der Waals surface area (Å²) in [5.74, 6) is 0.882. The minimum absolute atomic E-state index is 0.195. The van der Waals surface area contributed by atoms with Gasteiger partial charge in [0.05, 0.1) is 17.6 Å². The Morgan fingerprint density at radius 3 is 2.39 bits per heavy atom. The maximum atomic E-state index is 8.92. The first-order valence-corrected chi connectivity index (χ1v) is 6.35. The molecule has 0 saturated carbocycles. The van der Waals surface area contributed by atoms with E-state index in [0.29, 0.717) is 0 Å². The van der Waals surface area contributed by atoms with E-state index in [0.717, 1.165) is 24.4 Å². The topological polar surface area (TPSA) is 45.0 Å². The molecule has 0 aliphatic carbocycles. The fraction of sp³-hybridized carbons (Fsp3) is 0.533. The molecule has 0 atom stereocenters. The van der Waals surface area contributed by atoms with Gasteiger partial charge in [-0.1, -0.05) is 0 Å². The number of ether oxygens (including phenoxy) is 1. The highest BCUT2D eigenvalue weighted by atomic mass is 16.5. The number of hydrogen-bond acceptors (Lipinski definition) is 3. The fourth-order valence-corrected chi connectivity index (χ4v) is 1.50. The monoisotopic (exact) mass is 246 g/mol. The Morgan fingerprint density at radius 1 is 1.28 bits per heavy atom. The number of nitriles is 1. The molecule has 0 heterocycles. The zero-order valence-electron chi connectivity index (χ0n) is 11.7. The van der Waals surface area contributed by atoms with Crippen LogP contribution < -0.4 is 10.1 Å². The predicted octanol–water partition coefficient (Wildman–Crippen LogP) is 3.83. The van der Waals surface area contributed by atoms with E-state index in [9.17, 15) is 0 Å². The zero-order valence-corrected chi connectivity index (χ0v) is 11.7. The molecule has 98 valence electrons. The minimum Gasteiger partial charge on any atom is -0.491 e. The van der Waals surface area contributed by atoms with Gasteiger partial charge in [-0.2, -0.15) is 5.26 Å². The molecule has 18 heavy (non-hydrogen) atoms. The summed E-state index contributed by atoms with van der Waals surface area (Å²) >= 11 is 0. The molecule has 0 amide bonds. The molecule has 3 nitrogen and oxygen atoms in total. The van der Waals surface area contributed by atoms with Crippen molar-refractivity contribution in [3.8, 4) is 11.8 Å². The van der Waals surface area contributed by atoms with Crippen molar-refractivity contribution in [3.05, 3.63) is 24.3 Å². The Labute approximate surface area is 110 Å². The van der Waals surface area contributed by atoms with Gasteiger partial charge in [0.25, 0.3) is 0 Å². The summed E-state index contributed by atoms with van der Waals surface area (Å²) in [6.45, 7) is 8.72. The fourth-order valence-electron chi connectivity index (χ4n) is 1.50. The summed E-state index contributed by atoms with van der Waals surface area (Å²) in [5, 5.41) is 12.2. The van der Waals surface area contributed by atoms with Crippen molar-refractivity contribution in [2.24, 2.45) is 5.41 Å². The Morgan fingerprint density at radius 2 is 1.89 bits per heavy atom. The Balaban J connectivity index is 2.43. The molecule has 1 aromatic carbocycles. The molecular formula is C15H22N2O. The third-order valence-corrected chi connectivity index (χ3v) is 2.61. The van der Waals surface area contributed by atoms with Gasteiger partial charge in [-0.05, 0) is 58.4 Å². The van der Waals surface area contributed by atoms with Crippen molar-refractivity contribution in [3.63, 3.8) is 0 Å². The first kappa shape index (κ1) is 14.4. The van der Waals surface area contributed by atoms with Crippen molar-refractivity contribution in [2.75, 3.05) is 11.9 Å². The smallest absolute Gasteiger partial charge is 0.119 e. The summed E-state index contributed by atoms with van der Waals surface area (Å²) in [6, 6.07) is 10.2. The van der Waals surface area contributed by atoms with Gasteiger partial charge < -0.3 is 10.1 Å². The largest absolute Gasteiger partial charge is 0.491 e. The lowest BCUT2D eigenvalue weighted by Gasteiger charge is -2.16. The molecule has 3 heteroatoms. The number of benzene rings is 1. The molecule has 0 unspecified atom stereocenters. The van der Waals surface area contributed by atoms with Crippen molar-refractivity contribution >= 4 is 5.69 Å². The van der Waals surface area contributed by atoms with E-state index < -0.39 is 0 Å². The van der Waals surface area contributed by atoms with Gasteiger partial charge in [0.15, 0.2) is 0 Å². The molecule has 0 bridgehead atoms. The molecule has 1 rings (SSSR count). The second kappa shape index (κ2) is 6.30. The lowest BCUT2D eigenvalue weighted by molar-refractivity contribution is 0.242. The van der Waals surface area contributed by atoms with Crippen molar-refractivity contribution in [2.45, 2.75) is 40.2 Å². The maximum Gasteiger partial charge on any atom is 0.119 e. The van der Waals surface area contributed by atoms with Crippen LogP contribution in [0.15, 0.2) is 24.3 Å². The second-order valence-corrected chi connectivity index (χ2v) is 5.36. The standard InChI is InChI=1S/C15H22N2O/c1-12(2)18-14-7-5-13(6-8-14)17-10-9-15(3,4)11-16/h5-8,12,17H,9-10H2,1-4H3. The predicted molar refractivity (Wildman–Crippen MR) is 74.7 cm³/mol. The van der Waals surface area contributed by atoms with E-state index in [1.54, 1.807) is 0 Å². The molecule has 1 N–H and O–H groups in total. The molecule has 0 spiro atoms. The van der Waals surface area contributed by atoms with Gasteiger partial charge in [0.1, 0.15) is 5.75 Å². The lowest BCUT2D eigenvalue weighted by atomic mass is 9.91. The Bertz CT molecular complexity index is 401. The highest BCUT2D eigenvalue weighted by molar-refractivity contribution is 5.46. The molecule has 0 aliphatic rings. The lowest BCUT2D eigenvalue weighted by Crippen LogP contribution is -2.14. The van der Waals surface area contributed by atoms with Crippen molar-refractivity contribution < 1.29 is 4.74 Å². The van der Waals surface area contributed by atoms with Crippen LogP contribution in [0.1, 0.15) is 34.1 Å². The van der Waals surface area contributed by atoms with Crippen LogP contribution >= 0.6 is 0 Å². The third-order valence-electron chi connectivity index (χ3n) is 2.61. The minimum atomic E-state index is -0.270. The Kier molecular flexibility index (Phi) is 5.03. The van der Waals surface area contributed by atoms with Gasteiger partial charge in [0.2, 0.25) is 0 Å². The number of hydrogen-bond donors (Lipinski definition) is 1. The van der Waals surface area contributed by atoms with Gasteiger partial charge >= 0.3 is 0 Å². The molecule has 0 saturated heterocycles. The second-order valence-electron chi connectivity index (χ2n) is 5.36. The Hall–Kier alpha value is -1.69. The SMILES string of the molecule is CC(C)Oc1ccc(NCCC(C)(C)C#N)cc1. The third kappa shape index (κ3) is 5.09. The molecule has 0 fully saturated rings. The van der Waals surface area contributed by atoms with Crippen LogP contribution in [-0.4, -0.2) is 12.6 Å². The van der Waals surface area contributed by atoms with E-state index in [4.69, 9.17) is 10.00 Å². The van der Waals surface area contributed by atoms with E-state index in [1.165, 1.54) is 0 Å². The molecule has 0 radical (unpaired) electrons. The normalized spacial score (nSPS) is 11.1. The van der Waals surface area contributed by atoms with Gasteiger partial charge in [0, 0.05) is 12.2 Å². The number of rotatable bonds is 6. The average Bonchev–Trinajstić information content (AvgIpc) is 2.30. The van der Waals surface area contributed by atoms with Crippen LogP contribution in [0.3, 0.4) is 0 Å². The summed E-state index contributed by atoms with van der Waals surface area (Å²) < 4.78 is 5.57. The summed E-state index contributed by atoms with van der Waals surface area (Å²) in [5.41, 5.74) is 0.785. The first-order chi connectivity index (χ1) is 8.43. The molecule has 1 aromatic rings. The van der Waals surface area contributed by atoms with E-state index in [1.807, 2.05) is 52.0 Å². The zero-order chi connectivity index (χ0) is 13.6. The molecule has 0 aliphatic heterocycles. The quantitative estimate of drug-likeness (QED) is 0.829. The molecule has 0 aromatic heterocycles. The highest BCUT2D eigenvalue weighted by Gasteiger charge is 2.15. The summed E-state index contributed by atoms with van der Waals surface area (Å²) in [4.78, 5) is 0.